The number of hydrogen-bond acceptors (Lipinski definition) is 4. The van der Waals surface area contributed by atoms with Crippen LogP contribution < -0.4 is 4.18 Å². The quantitative estimate of drug-likeness (QED) is 0.587. The zero-order valence-electron chi connectivity index (χ0n) is 10.5. The summed E-state index contributed by atoms with van der Waals surface area (Å²) in [4.78, 5) is 0.0651. The van der Waals surface area contributed by atoms with Crippen LogP contribution in [0.4, 0.5) is 0 Å². The monoisotopic (exact) mass is 399 g/mol. The maximum atomic E-state index is 12.2. The lowest BCUT2D eigenvalue weighted by Crippen LogP contribution is -2.11. The summed E-state index contributed by atoms with van der Waals surface area (Å²) in [6, 6.07) is 13.1. The molecule has 0 aliphatic rings. The molecule has 0 heterocycles. The smallest absolute Gasteiger partial charge is 0.339 e. The third-order valence-corrected chi connectivity index (χ3v) is 4.65. The van der Waals surface area contributed by atoms with Crippen LogP contribution in [0.1, 0.15) is 11.1 Å². The molecule has 20 heavy (non-hydrogen) atoms. The summed E-state index contributed by atoms with van der Waals surface area (Å²) >= 11 is 2.08. The van der Waals surface area contributed by atoms with Gasteiger partial charge in [-0.15, -0.1) is 0 Å². The molecule has 0 spiro atoms. The molecule has 0 aliphatic heterocycles. The fourth-order valence-electron chi connectivity index (χ4n) is 1.69. The molecule has 102 valence electrons. The van der Waals surface area contributed by atoms with Crippen molar-refractivity contribution in [3.63, 3.8) is 0 Å². The molecule has 0 N–H and O–H groups in total. The van der Waals surface area contributed by atoms with Gasteiger partial charge >= 0.3 is 10.1 Å². The Morgan fingerprint density at radius 1 is 1.20 bits per heavy atom. The SMILES string of the molecule is Cc1cc(C#N)ccc1S(=O)(=O)Oc1cccc(I)c1. The Hall–Kier alpha value is -1.59. The lowest BCUT2D eigenvalue weighted by atomic mass is 10.2. The Labute approximate surface area is 131 Å². The summed E-state index contributed by atoms with van der Waals surface area (Å²) in [5.74, 6) is 0.264. The van der Waals surface area contributed by atoms with E-state index >= 15 is 0 Å². The van der Waals surface area contributed by atoms with Gasteiger partial charge in [-0.25, -0.2) is 0 Å². The summed E-state index contributed by atoms with van der Waals surface area (Å²) < 4.78 is 30.4. The van der Waals surface area contributed by atoms with Gasteiger partial charge in [-0.1, -0.05) is 6.07 Å². The minimum absolute atomic E-state index is 0.0651. The standard InChI is InChI=1S/C14H10INO3S/c1-10-7-11(9-16)5-6-14(10)20(17,18)19-13-4-2-3-12(15)8-13/h2-8H,1H3. The topological polar surface area (TPSA) is 67.2 Å². The van der Waals surface area contributed by atoms with Gasteiger partial charge in [0.25, 0.3) is 0 Å². The zero-order chi connectivity index (χ0) is 14.8. The molecule has 2 rings (SSSR count). The van der Waals surface area contributed by atoms with Crippen LogP contribution in [0.3, 0.4) is 0 Å². The molecular weight excluding hydrogens is 389 g/mol. The van der Waals surface area contributed by atoms with Crippen molar-refractivity contribution in [2.24, 2.45) is 0 Å². The third-order valence-electron chi connectivity index (χ3n) is 2.58. The van der Waals surface area contributed by atoms with Crippen LogP contribution in [-0.4, -0.2) is 8.42 Å². The first-order valence-corrected chi connectivity index (χ1v) is 8.12. The lowest BCUT2D eigenvalue weighted by molar-refractivity contribution is 0.485. The van der Waals surface area contributed by atoms with Crippen molar-refractivity contribution < 1.29 is 12.6 Å². The van der Waals surface area contributed by atoms with Gasteiger partial charge in [0.2, 0.25) is 0 Å². The van der Waals surface area contributed by atoms with E-state index in [4.69, 9.17) is 9.44 Å². The molecule has 0 amide bonds. The van der Waals surface area contributed by atoms with E-state index in [1.165, 1.54) is 18.2 Å². The molecule has 2 aromatic rings. The normalized spacial score (nSPS) is 10.8. The highest BCUT2D eigenvalue weighted by molar-refractivity contribution is 14.1. The van der Waals surface area contributed by atoms with Crippen molar-refractivity contribution in [1.29, 1.82) is 5.26 Å². The van der Waals surface area contributed by atoms with E-state index in [1.54, 1.807) is 25.1 Å². The molecule has 0 saturated carbocycles. The molecule has 0 aliphatic carbocycles. The van der Waals surface area contributed by atoms with Gasteiger partial charge < -0.3 is 4.18 Å². The highest BCUT2D eigenvalue weighted by atomic mass is 127. The molecule has 0 saturated heterocycles. The Balaban J connectivity index is 2.39. The van der Waals surface area contributed by atoms with Crippen LogP contribution in [0, 0.1) is 21.8 Å². The second-order valence-corrected chi connectivity index (χ2v) is 6.85. The summed E-state index contributed by atoms with van der Waals surface area (Å²) in [5, 5.41) is 8.79. The van der Waals surface area contributed by atoms with E-state index in [9.17, 15) is 8.42 Å². The van der Waals surface area contributed by atoms with E-state index in [-0.39, 0.29) is 10.6 Å². The van der Waals surface area contributed by atoms with E-state index in [0.717, 1.165) is 3.57 Å². The lowest BCUT2D eigenvalue weighted by Gasteiger charge is -2.09. The van der Waals surface area contributed by atoms with Crippen molar-refractivity contribution in [3.05, 3.63) is 57.2 Å². The van der Waals surface area contributed by atoms with Crippen LogP contribution in [-0.2, 0) is 10.1 Å². The number of halogens is 1. The number of hydrogen-bond donors (Lipinski definition) is 0. The number of nitriles is 1. The van der Waals surface area contributed by atoms with E-state index in [0.29, 0.717) is 11.1 Å². The van der Waals surface area contributed by atoms with E-state index in [1.807, 2.05) is 12.1 Å². The Bertz CT molecular complexity index is 794. The average molecular weight is 399 g/mol. The van der Waals surface area contributed by atoms with Crippen LogP contribution in [0.5, 0.6) is 5.75 Å². The molecule has 0 aromatic heterocycles. The first-order chi connectivity index (χ1) is 9.42. The van der Waals surface area contributed by atoms with Gasteiger partial charge in [0.1, 0.15) is 10.6 Å². The largest absolute Gasteiger partial charge is 0.379 e. The van der Waals surface area contributed by atoms with Crippen molar-refractivity contribution in [2.75, 3.05) is 0 Å². The number of benzene rings is 2. The molecule has 0 atom stereocenters. The molecule has 0 bridgehead atoms. The van der Waals surface area contributed by atoms with Crippen LogP contribution >= 0.6 is 22.6 Å². The molecule has 0 radical (unpaired) electrons. The molecule has 0 fully saturated rings. The second-order valence-electron chi connectivity index (χ2n) is 4.09. The van der Waals surface area contributed by atoms with Gasteiger partial charge in [-0.3, -0.25) is 0 Å². The zero-order valence-corrected chi connectivity index (χ0v) is 13.5. The maximum absolute atomic E-state index is 12.2. The fourth-order valence-corrected chi connectivity index (χ4v) is 3.34. The predicted octanol–water partition coefficient (Wildman–Crippen LogP) is 3.24. The van der Waals surface area contributed by atoms with Crippen molar-refractivity contribution >= 4 is 32.7 Å². The van der Waals surface area contributed by atoms with Gasteiger partial charge in [0, 0.05) is 3.57 Å². The van der Waals surface area contributed by atoms with Gasteiger partial charge in [0.15, 0.2) is 0 Å². The average Bonchev–Trinajstić information content (AvgIpc) is 2.37. The van der Waals surface area contributed by atoms with Crippen LogP contribution in [0.2, 0.25) is 0 Å². The fraction of sp³-hybridized carbons (Fsp3) is 0.0714. The van der Waals surface area contributed by atoms with Gasteiger partial charge in [0.05, 0.1) is 11.6 Å². The first kappa shape index (κ1) is 14.8. The van der Waals surface area contributed by atoms with Crippen molar-refractivity contribution in [3.8, 4) is 11.8 Å². The Morgan fingerprint density at radius 2 is 1.95 bits per heavy atom. The summed E-state index contributed by atoms with van der Waals surface area (Å²) in [6.07, 6.45) is 0. The summed E-state index contributed by atoms with van der Waals surface area (Å²) in [7, 11) is -3.90. The van der Waals surface area contributed by atoms with Gasteiger partial charge in [-0.05, 0) is 71.5 Å². The number of nitrogens with zero attached hydrogens (tertiary/aromatic N) is 1. The Morgan fingerprint density at radius 3 is 2.55 bits per heavy atom. The minimum Gasteiger partial charge on any atom is -0.379 e. The van der Waals surface area contributed by atoms with Crippen molar-refractivity contribution in [2.45, 2.75) is 11.8 Å². The molecule has 4 nitrogen and oxygen atoms in total. The summed E-state index contributed by atoms with van der Waals surface area (Å²) in [5.41, 5.74) is 0.894. The Kier molecular flexibility index (Phi) is 4.30. The van der Waals surface area contributed by atoms with E-state index in [2.05, 4.69) is 22.6 Å². The predicted molar refractivity (Wildman–Crippen MR) is 82.9 cm³/mol. The van der Waals surface area contributed by atoms with Crippen LogP contribution in [0.15, 0.2) is 47.4 Å². The van der Waals surface area contributed by atoms with E-state index < -0.39 is 10.1 Å². The molecule has 2 aromatic carbocycles. The van der Waals surface area contributed by atoms with Crippen molar-refractivity contribution in [1.82, 2.24) is 0 Å². The maximum Gasteiger partial charge on any atom is 0.339 e. The highest BCUT2D eigenvalue weighted by Gasteiger charge is 2.19. The van der Waals surface area contributed by atoms with Gasteiger partial charge in [-0.2, -0.15) is 13.7 Å². The molecule has 0 unspecified atom stereocenters. The van der Waals surface area contributed by atoms with Crippen LogP contribution in [0.25, 0.3) is 0 Å². The number of rotatable bonds is 3. The molecule has 6 heteroatoms. The first-order valence-electron chi connectivity index (χ1n) is 5.63. The second kappa shape index (κ2) is 5.81. The minimum atomic E-state index is -3.90. The highest BCUT2D eigenvalue weighted by Crippen LogP contribution is 2.23. The third kappa shape index (κ3) is 3.29. The number of aryl methyl sites for hydroxylation is 1. The molecular formula is C14H10INO3S. The summed E-state index contributed by atoms with van der Waals surface area (Å²) in [6.45, 7) is 1.63.